The molecule has 2 heterocycles. The van der Waals surface area contributed by atoms with E-state index >= 15 is 0 Å². The summed E-state index contributed by atoms with van der Waals surface area (Å²) in [6, 6.07) is 3.99. The highest BCUT2D eigenvalue weighted by atomic mass is 16.5. The number of ether oxygens (including phenoxy) is 1. The fraction of sp³-hybridized carbons (Fsp3) is 0.647. The summed E-state index contributed by atoms with van der Waals surface area (Å²) < 4.78 is 5.40. The normalized spacial score (nSPS) is 19.9. The van der Waals surface area contributed by atoms with Crippen LogP contribution in [0, 0.1) is 5.92 Å². The highest BCUT2D eigenvalue weighted by Gasteiger charge is 2.21. The van der Waals surface area contributed by atoms with Crippen LogP contribution in [0.15, 0.2) is 18.3 Å². The minimum atomic E-state index is 0.205. The number of amides is 1. The van der Waals surface area contributed by atoms with Crippen molar-refractivity contribution in [1.29, 1.82) is 0 Å². The van der Waals surface area contributed by atoms with Gasteiger partial charge in [-0.2, -0.15) is 0 Å². The van der Waals surface area contributed by atoms with Gasteiger partial charge < -0.3 is 15.0 Å². The SMILES string of the molecule is O=C(NCc1cccnc1N1CCOCC1)C1CCCCC1. The lowest BCUT2D eigenvalue weighted by atomic mass is 9.88. The van der Waals surface area contributed by atoms with Crippen molar-refractivity contribution >= 4 is 11.7 Å². The Morgan fingerprint density at radius 2 is 2.05 bits per heavy atom. The molecule has 120 valence electrons. The molecule has 1 amide bonds. The zero-order chi connectivity index (χ0) is 15.2. The summed E-state index contributed by atoms with van der Waals surface area (Å²) in [5.41, 5.74) is 1.09. The van der Waals surface area contributed by atoms with Crippen molar-refractivity contribution in [3.8, 4) is 0 Å². The molecule has 0 radical (unpaired) electrons. The van der Waals surface area contributed by atoms with E-state index in [1.54, 1.807) is 0 Å². The molecule has 1 N–H and O–H groups in total. The predicted octanol–water partition coefficient (Wildman–Crippen LogP) is 2.11. The summed E-state index contributed by atoms with van der Waals surface area (Å²) in [6.45, 7) is 3.77. The number of nitrogens with zero attached hydrogens (tertiary/aromatic N) is 2. The second-order valence-electron chi connectivity index (χ2n) is 6.14. The second kappa shape index (κ2) is 7.58. The highest BCUT2D eigenvalue weighted by molar-refractivity contribution is 5.78. The molecule has 0 spiro atoms. The van der Waals surface area contributed by atoms with E-state index < -0.39 is 0 Å². The summed E-state index contributed by atoms with van der Waals surface area (Å²) >= 11 is 0. The number of hydrogen-bond donors (Lipinski definition) is 1. The van der Waals surface area contributed by atoms with Crippen molar-refractivity contribution in [2.75, 3.05) is 31.2 Å². The van der Waals surface area contributed by atoms with Crippen molar-refractivity contribution in [2.24, 2.45) is 5.92 Å². The zero-order valence-electron chi connectivity index (χ0n) is 13.1. The summed E-state index contributed by atoms with van der Waals surface area (Å²) in [6.07, 6.45) is 7.53. The number of rotatable bonds is 4. The molecule has 5 nitrogen and oxygen atoms in total. The Bertz CT molecular complexity index is 494. The Labute approximate surface area is 132 Å². The van der Waals surface area contributed by atoms with E-state index in [-0.39, 0.29) is 11.8 Å². The number of carbonyl (C=O) groups excluding carboxylic acids is 1. The van der Waals surface area contributed by atoms with Gasteiger partial charge in [-0.1, -0.05) is 25.3 Å². The van der Waals surface area contributed by atoms with Crippen LogP contribution < -0.4 is 10.2 Å². The zero-order valence-corrected chi connectivity index (χ0v) is 13.1. The number of pyridine rings is 1. The molecule has 2 fully saturated rings. The first-order valence-corrected chi connectivity index (χ1v) is 8.39. The monoisotopic (exact) mass is 303 g/mol. The van der Waals surface area contributed by atoms with Gasteiger partial charge in [-0.25, -0.2) is 4.98 Å². The average Bonchev–Trinajstić information content (AvgIpc) is 2.61. The van der Waals surface area contributed by atoms with E-state index in [0.717, 1.165) is 50.5 Å². The molecule has 5 heteroatoms. The Kier molecular flexibility index (Phi) is 5.27. The number of nitrogens with one attached hydrogen (secondary N) is 1. The van der Waals surface area contributed by atoms with Gasteiger partial charge in [0.25, 0.3) is 0 Å². The molecule has 1 aliphatic heterocycles. The van der Waals surface area contributed by atoms with Crippen LogP contribution in [0.2, 0.25) is 0 Å². The number of hydrogen-bond acceptors (Lipinski definition) is 4. The molecule has 2 aliphatic rings. The molecule has 0 aromatic carbocycles. The van der Waals surface area contributed by atoms with Gasteiger partial charge in [0, 0.05) is 37.3 Å². The largest absolute Gasteiger partial charge is 0.378 e. The van der Waals surface area contributed by atoms with Crippen LogP contribution in [0.5, 0.6) is 0 Å². The molecule has 0 atom stereocenters. The fourth-order valence-corrected chi connectivity index (χ4v) is 3.32. The van der Waals surface area contributed by atoms with Gasteiger partial charge in [-0.3, -0.25) is 4.79 Å². The van der Waals surface area contributed by atoms with Crippen LogP contribution in [-0.4, -0.2) is 37.2 Å². The Hall–Kier alpha value is -1.62. The van der Waals surface area contributed by atoms with Crippen molar-refractivity contribution < 1.29 is 9.53 Å². The van der Waals surface area contributed by atoms with E-state index in [1.807, 2.05) is 12.3 Å². The molecule has 3 rings (SSSR count). The van der Waals surface area contributed by atoms with E-state index in [2.05, 4.69) is 21.3 Å². The van der Waals surface area contributed by atoms with E-state index in [1.165, 1.54) is 19.3 Å². The Morgan fingerprint density at radius 1 is 1.27 bits per heavy atom. The van der Waals surface area contributed by atoms with Gasteiger partial charge in [0.05, 0.1) is 13.2 Å². The minimum absolute atomic E-state index is 0.205. The number of anilines is 1. The van der Waals surface area contributed by atoms with Crippen LogP contribution in [0.25, 0.3) is 0 Å². The molecule has 1 aliphatic carbocycles. The third-order valence-corrected chi connectivity index (χ3v) is 4.61. The van der Waals surface area contributed by atoms with Gasteiger partial charge in [0.15, 0.2) is 0 Å². The Morgan fingerprint density at radius 3 is 2.82 bits per heavy atom. The smallest absolute Gasteiger partial charge is 0.223 e. The summed E-state index contributed by atoms with van der Waals surface area (Å²) in [5.74, 6) is 1.39. The summed E-state index contributed by atoms with van der Waals surface area (Å²) in [7, 11) is 0. The van der Waals surface area contributed by atoms with Crippen LogP contribution >= 0.6 is 0 Å². The van der Waals surface area contributed by atoms with Gasteiger partial charge in [0.2, 0.25) is 5.91 Å². The Balaban J connectivity index is 1.60. The van der Waals surface area contributed by atoms with E-state index in [4.69, 9.17) is 4.74 Å². The maximum Gasteiger partial charge on any atom is 0.223 e. The topological polar surface area (TPSA) is 54.5 Å². The third-order valence-electron chi connectivity index (χ3n) is 4.61. The molecular formula is C17H25N3O2. The van der Waals surface area contributed by atoms with Crippen LogP contribution in [-0.2, 0) is 16.1 Å². The standard InChI is InChI=1S/C17H25N3O2/c21-17(14-5-2-1-3-6-14)19-13-15-7-4-8-18-16(15)20-9-11-22-12-10-20/h4,7-8,14H,1-3,5-6,9-13H2,(H,19,21). The maximum absolute atomic E-state index is 12.3. The van der Waals surface area contributed by atoms with Crippen molar-refractivity contribution in [1.82, 2.24) is 10.3 Å². The van der Waals surface area contributed by atoms with E-state index in [0.29, 0.717) is 6.54 Å². The summed E-state index contributed by atoms with van der Waals surface area (Å²) in [5, 5.41) is 3.11. The molecule has 0 bridgehead atoms. The molecular weight excluding hydrogens is 278 g/mol. The molecule has 0 unspecified atom stereocenters. The molecule has 1 saturated heterocycles. The average molecular weight is 303 g/mol. The lowest BCUT2D eigenvalue weighted by Gasteiger charge is -2.29. The quantitative estimate of drug-likeness (QED) is 0.925. The van der Waals surface area contributed by atoms with E-state index in [9.17, 15) is 4.79 Å². The van der Waals surface area contributed by atoms with Crippen LogP contribution in [0.3, 0.4) is 0 Å². The lowest BCUT2D eigenvalue weighted by Crippen LogP contribution is -2.38. The number of morpholine rings is 1. The number of aromatic nitrogens is 1. The van der Waals surface area contributed by atoms with Crippen LogP contribution in [0.4, 0.5) is 5.82 Å². The minimum Gasteiger partial charge on any atom is -0.378 e. The molecule has 1 saturated carbocycles. The van der Waals surface area contributed by atoms with Crippen molar-refractivity contribution in [3.05, 3.63) is 23.9 Å². The van der Waals surface area contributed by atoms with Gasteiger partial charge in [-0.15, -0.1) is 0 Å². The molecule has 1 aromatic heterocycles. The van der Waals surface area contributed by atoms with Crippen molar-refractivity contribution in [3.63, 3.8) is 0 Å². The van der Waals surface area contributed by atoms with Crippen LogP contribution in [0.1, 0.15) is 37.7 Å². The maximum atomic E-state index is 12.3. The first kappa shape index (κ1) is 15.3. The second-order valence-corrected chi connectivity index (χ2v) is 6.14. The predicted molar refractivity (Wildman–Crippen MR) is 85.7 cm³/mol. The molecule has 22 heavy (non-hydrogen) atoms. The summed E-state index contributed by atoms with van der Waals surface area (Å²) in [4.78, 5) is 19.0. The third kappa shape index (κ3) is 3.77. The first-order valence-electron chi connectivity index (χ1n) is 8.39. The van der Waals surface area contributed by atoms with Gasteiger partial charge >= 0.3 is 0 Å². The van der Waals surface area contributed by atoms with Gasteiger partial charge in [0.1, 0.15) is 5.82 Å². The molecule has 1 aromatic rings. The highest BCUT2D eigenvalue weighted by Crippen LogP contribution is 2.24. The number of carbonyl (C=O) groups is 1. The van der Waals surface area contributed by atoms with Crippen molar-refractivity contribution in [2.45, 2.75) is 38.6 Å². The van der Waals surface area contributed by atoms with Gasteiger partial charge in [-0.05, 0) is 18.9 Å². The lowest BCUT2D eigenvalue weighted by molar-refractivity contribution is -0.126. The first-order chi connectivity index (χ1) is 10.8. The fourth-order valence-electron chi connectivity index (χ4n) is 3.32.